The number of esters is 1. The van der Waals surface area contributed by atoms with Crippen LogP contribution in [0.15, 0.2) is 0 Å². The fraction of sp³-hybridized carbons (Fsp3) is 0.938. The van der Waals surface area contributed by atoms with Crippen molar-refractivity contribution in [3.05, 3.63) is 0 Å². The summed E-state index contributed by atoms with van der Waals surface area (Å²) in [4.78, 5) is 11.7. The fourth-order valence-corrected chi connectivity index (χ4v) is 2.71. The molecule has 0 aliphatic rings. The van der Waals surface area contributed by atoms with Gasteiger partial charge >= 0.3 is 5.97 Å². The number of unbranched alkanes of at least 4 members (excludes halogenated alkanes) is 7. The molecular formula is C16H34NO2S+. The van der Waals surface area contributed by atoms with Crippen LogP contribution >= 0.6 is 12.6 Å². The highest BCUT2D eigenvalue weighted by Crippen LogP contribution is 2.08. The third-order valence-electron chi connectivity index (χ3n) is 3.52. The Hall–Kier alpha value is -0.220. The molecule has 0 unspecified atom stereocenters. The van der Waals surface area contributed by atoms with Crippen molar-refractivity contribution in [1.29, 1.82) is 0 Å². The average Bonchev–Trinajstić information content (AvgIpc) is 2.36. The van der Waals surface area contributed by atoms with Crippen LogP contribution in [0.25, 0.3) is 0 Å². The van der Waals surface area contributed by atoms with Gasteiger partial charge in [-0.15, -0.1) is 0 Å². The summed E-state index contributed by atoms with van der Waals surface area (Å²) in [5, 5.41) is 0. The lowest BCUT2D eigenvalue weighted by atomic mass is 10.1. The van der Waals surface area contributed by atoms with E-state index in [1.807, 2.05) is 14.1 Å². The first-order valence-corrected chi connectivity index (χ1v) is 8.73. The van der Waals surface area contributed by atoms with Gasteiger partial charge in [-0.2, -0.15) is 12.6 Å². The van der Waals surface area contributed by atoms with Crippen LogP contribution in [0.3, 0.4) is 0 Å². The van der Waals surface area contributed by atoms with Crippen molar-refractivity contribution >= 4 is 18.6 Å². The largest absolute Gasteiger partial charge is 0.462 e. The highest BCUT2D eigenvalue weighted by Gasteiger charge is 2.19. The molecule has 4 heteroatoms. The Labute approximate surface area is 131 Å². The van der Waals surface area contributed by atoms with Crippen LogP contribution in [0.2, 0.25) is 0 Å². The van der Waals surface area contributed by atoms with Crippen molar-refractivity contribution in [3.63, 3.8) is 0 Å². The van der Waals surface area contributed by atoms with E-state index in [0.29, 0.717) is 17.6 Å². The van der Waals surface area contributed by atoms with Crippen molar-refractivity contribution in [2.45, 2.75) is 58.3 Å². The number of rotatable bonds is 13. The van der Waals surface area contributed by atoms with Gasteiger partial charge in [-0.3, -0.25) is 0 Å². The Morgan fingerprint density at radius 1 is 1.00 bits per heavy atom. The van der Waals surface area contributed by atoms with E-state index in [1.54, 1.807) is 0 Å². The number of hydrogen-bond acceptors (Lipinski definition) is 3. The highest BCUT2D eigenvalue weighted by atomic mass is 32.1. The Bertz CT molecular complexity index is 245. The van der Waals surface area contributed by atoms with E-state index in [0.717, 1.165) is 18.7 Å². The van der Waals surface area contributed by atoms with E-state index in [1.165, 1.54) is 44.9 Å². The SMILES string of the molecule is CCCCCCCCCCOC(=O)C[N+](C)(C)CCS. The minimum atomic E-state index is -0.0836. The number of hydrogen-bond donors (Lipinski definition) is 1. The van der Waals surface area contributed by atoms with Crippen LogP contribution in [0.1, 0.15) is 58.3 Å². The van der Waals surface area contributed by atoms with Crippen molar-refractivity contribution in [2.24, 2.45) is 0 Å². The molecule has 20 heavy (non-hydrogen) atoms. The lowest BCUT2D eigenvalue weighted by molar-refractivity contribution is -0.880. The molecule has 0 N–H and O–H groups in total. The average molecular weight is 305 g/mol. The number of carbonyl (C=O) groups is 1. The molecule has 120 valence electrons. The van der Waals surface area contributed by atoms with Gasteiger partial charge in [0.1, 0.15) is 0 Å². The summed E-state index contributed by atoms with van der Waals surface area (Å²) < 4.78 is 5.94. The molecule has 0 fully saturated rings. The number of quaternary nitrogens is 1. The van der Waals surface area contributed by atoms with Gasteiger partial charge in [0.25, 0.3) is 0 Å². The van der Waals surface area contributed by atoms with Crippen LogP contribution in [-0.4, -0.2) is 50.0 Å². The summed E-state index contributed by atoms with van der Waals surface area (Å²) in [7, 11) is 4.07. The topological polar surface area (TPSA) is 26.3 Å². The second kappa shape index (κ2) is 12.5. The minimum Gasteiger partial charge on any atom is -0.462 e. The maximum absolute atomic E-state index is 11.7. The highest BCUT2D eigenvalue weighted by molar-refractivity contribution is 7.80. The molecule has 0 amide bonds. The molecule has 0 bridgehead atoms. The first-order valence-electron chi connectivity index (χ1n) is 8.10. The molecule has 0 aliphatic heterocycles. The van der Waals surface area contributed by atoms with Gasteiger partial charge in [-0.1, -0.05) is 51.9 Å². The molecule has 3 nitrogen and oxygen atoms in total. The predicted molar refractivity (Wildman–Crippen MR) is 89.3 cm³/mol. The van der Waals surface area contributed by atoms with Gasteiger partial charge < -0.3 is 9.22 Å². The first-order chi connectivity index (χ1) is 9.52. The molecule has 0 radical (unpaired) electrons. The Balaban J connectivity index is 3.40. The van der Waals surface area contributed by atoms with Gasteiger partial charge in [-0.25, -0.2) is 4.79 Å². The van der Waals surface area contributed by atoms with Crippen LogP contribution in [0.4, 0.5) is 0 Å². The number of nitrogens with zero attached hydrogens (tertiary/aromatic N) is 1. The van der Waals surface area contributed by atoms with Gasteiger partial charge in [0.15, 0.2) is 6.54 Å². The van der Waals surface area contributed by atoms with Crippen molar-refractivity contribution in [1.82, 2.24) is 0 Å². The van der Waals surface area contributed by atoms with Crippen molar-refractivity contribution < 1.29 is 14.0 Å². The number of likely N-dealkylation sites (N-methyl/N-ethyl adjacent to an activating group) is 1. The van der Waals surface area contributed by atoms with Gasteiger partial charge in [0, 0.05) is 5.75 Å². The van der Waals surface area contributed by atoms with Crippen LogP contribution < -0.4 is 0 Å². The zero-order valence-electron chi connectivity index (χ0n) is 13.7. The Morgan fingerprint density at radius 2 is 1.55 bits per heavy atom. The van der Waals surface area contributed by atoms with Crippen LogP contribution in [-0.2, 0) is 9.53 Å². The third-order valence-corrected chi connectivity index (χ3v) is 3.72. The maximum Gasteiger partial charge on any atom is 0.361 e. The lowest BCUT2D eigenvalue weighted by Gasteiger charge is -2.27. The summed E-state index contributed by atoms with van der Waals surface area (Å²) in [5.41, 5.74) is 0. The Kier molecular flexibility index (Phi) is 12.4. The first kappa shape index (κ1) is 19.8. The molecule has 0 aliphatic carbocycles. The fourth-order valence-electron chi connectivity index (χ4n) is 2.17. The summed E-state index contributed by atoms with van der Waals surface area (Å²) in [6.45, 7) is 4.15. The summed E-state index contributed by atoms with van der Waals surface area (Å²) >= 11 is 4.21. The number of ether oxygens (including phenoxy) is 1. The van der Waals surface area contributed by atoms with Crippen LogP contribution in [0, 0.1) is 0 Å². The molecular weight excluding hydrogens is 270 g/mol. The summed E-state index contributed by atoms with van der Waals surface area (Å²) in [6, 6.07) is 0. The van der Waals surface area contributed by atoms with E-state index in [9.17, 15) is 4.79 Å². The minimum absolute atomic E-state index is 0.0836. The van der Waals surface area contributed by atoms with Gasteiger partial charge in [-0.05, 0) is 6.42 Å². The molecule has 0 aromatic carbocycles. The summed E-state index contributed by atoms with van der Waals surface area (Å²) in [5.74, 6) is 0.706. The quantitative estimate of drug-likeness (QED) is 0.243. The number of carbonyl (C=O) groups excluding carboxylic acids is 1. The molecule has 0 spiro atoms. The number of thiol groups is 1. The monoisotopic (exact) mass is 304 g/mol. The van der Waals surface area contributed by atoms with E-state index in [-0.39, 0.29) is 5.97 Å². The van der Waals surface area contributed by atoms with Crippen LogP contribution in [0.5, 0.6) is 0 Å². The van der Waals surface area contributed by atoms with E-state index < -0.39 is 0 Å². The van der Waals surface area contributed by atoms with Gasteiger partial charge in [0.05, 0.1) is 27.2 Å². The molecule has 0 saturated carbocycles. The standard InChI is InChI=1S/C16H33NO2S/c1-4-5-6-7-8-9-10-11-13-19-16(18)15-17(2,3)12-14-20/h4-15H2,1-3H3/p+1. The predicted octanol–water partition coefficient (Wildman–Crippen LogP) is 3.68. The van der Waals surface area contributed by atoms with Crippen molar-refractivity contribution in [3.8, 4) is 0 Å². The van der Waals surface area contributed by atoms with E-state index in [4.69, 9.17) is 4.74 Å². The van der Waals surface area contributed by atoms with Gasteiger partial charge in [0.2, 0.25) is 0 Å². The molecule has 0 saturated heterocycles. The van der Waals surface area contributed by atoms with E-state index in [2.05, 4.69) is 19.6 Å². The van der Waals surface area contributed by atoms with E-state index >= 15 is 0 Å². The molecule has 0 heterocycles. The maximum atomic E-state index is 11.7. The second-order valence-electron chi connectivity index (χ2n) is 6.24. The smallest absolute Gasteiger partial charge is 0.361 e. The molecule has 0 aromatic heterocycles. The normalized spacial score (nSPS) is 11.6. The second-order valence-corrected chi connectivity index (χ2v) is 6.68. The third kappa shape index (κ3) is 12.8. The summed E-state index contributed by atoms with van der Waals surface area (Å²) in [6.07, 6.45) is 10.1. The molecule has 0 atom stereocenters. The zero-order valence-corrected chi connectivity index (χ0v) is 14.6. The lowest BCUT2D eigenvalue weighted by Crippen LogP contribution is -2.45. The Morgan fingerprint density at radius 3 is 2.10 bits per heavy atom. The van der Waals surface area contributed by atoms with Crippen molar-refractivity contribution in [2.75, 3.05) is 39.5 Å². The molecule has 0 aromatic rings. The zero-order chi connectivity index (χ0) is 15.3. The molecule has 0 rings (SSSR count).